The van der Waals surface area contributed by atoms with E-state index in [0.717, 1.165) is 12.1 Å². The molecular weight excluding hydrogens is 246 g/mol. The van der Waals surface area contributed by atoms with E-state index < -0.39 is 0 Å². The summed E-state index contributed by atoms with van der Waals surface area (Å²) in [6.45, 7) is 0. The van der Waals surface area contributed by atoms with Crippen LogP contribution >= 0.6 is 0 Å². The molecule has 0 aromatic heterocycles. The predicted molar refractivity (Wildman–Crippen MR) is 81.8 cm³/mol. The maximum absolute atomic E-state index is 8.00. The van der Waals surface area contributed by atoms with Crippen molar-refractivity contribution in [3.8, 4) is 11.1 Å². The van der Waals surface area contributed by atoms with Gasteiger partial charge in [-0.15, -0.1) is 0 Å². The van der Waals surface area contributed by atoms with Crippen LogP contribution in [0.15, 0.2) is 54.6 Å². The molecular formula is C17H13N3. The van der Waals surface area contributed by atoms with E-state index in [-0.39, 0.29) is 0 Å². The summed E-state index contributed by atoms with van der Waals surface area (Å²) in [6.07, 6.45) is 4.21. The van der Waals surface area contributed by atoms with Crippen LogP contribution in [-0.2, 0) is 6.42 Å². The Bertz CT molecular complexity index is 769. The molecule has 3 nitrogen and oxygen atoms in total. The van der Waals surface area contributed by atoms with Crippen molar-refractivity contribution in [1.82, 2.24) is 0 Å². The van der Waals surface area contributed by atoms with Crippen molar-refractivity contribution in [3.63, 3.8) is 0 Å². The van der Waals surface area contributed by atoms with Gasteiger partial charge in [0.25, 0.3) is 0 Å². The Hall–Kier alpha value is -2.68. The van der Waals surface area contributed by atoms with Gasteiger partial charge in [-0.1, -0.05) is 36.4 Å². The third kappa shape index (κ3) is 1.40. The highest BCUT2D eigenvalue weighted by Crippen LogP contribution is 2.41. The molecule has 3 heteroatoms. The number of nitrogens with one attached hydrogen (secondary N) is 2. The molecule has 0 amide bonds. The Morgan fingerprint density at radius 2 is 1.50 bits per heavy atom. The Balaban J connectivity index is 1.90. The Morgan fingerprint density at radius 3 is 2.30 bits per heavy atom. The average molecular weight is 259 g/mol. The number of benzene rings is 2. The van der Waals surface area contributed by atoms with Crippen molar-refractivity contribution < 1.29 is 0 Å². The summed E-state index contributed by atoms with van der Waals surface area (Å²) in [6, 6.07) is 14.5. The summed E-state index contributed by atoms with van der Waals surface area (Å²) in [7, 11) is 0. The molecule has 0 fully saturated rings. The van der Waals surface area contributed by atoms with E-state index in [9.17, 15) is 0 Å². The topological polar surface area (TPSA) is 50.9 Å². The minimum absolute atomic E-state index is 0.361. The first kappa shape index (κ1) is 11.2. The van der Waals surface area contributed by atoms with Crippen molar-refractivity contribution >= 4 is 17.4 Å². The van der Waals surface area contributed by atoms with Crippen LogP contribution < -0.4 is 4.90 Å². The highest BCUT2D eigenvalue weighted by atomic mass is 15.2. The lowest BCUT2D eigenvalue weighted by atomic mass is 10.0. The summed E-state index contributed by atoms with van der Waals surface area (Å²) in [4.78, 5) is 1.70. The van der Waals surface area contributed by atoms with Gasteiger partial charge in [0.1, 0.15) is 11.7 Å². The van der Waals surface area contributed by atoms with Gasteiger partial charge in [-0.3, -0.25) is 15.7 Å². The zero-order valence-corrected chi connectivity index (χ0v) is 10.9. The van der Waals surface area contributed by atoms with Crippen LogP contribution in [0.25, 0.3) is 11.1 Å². The fourth-order valence-electron chi connectivity index (χ4n) is 3.05. The number of hydrogen-bond donors (Lipinski definition) is 2. The second-order valence-electron chi connectivity index (χ2n) is 5.08. The SMILES string of the molecule is N=C1C=CC(=N)N1c1cccc2c1Cc1ccccc1-2. The summed E-state index contributed by atoms with van der Waals surface area (Å²) in [5, 5.41) is 16.0. The van der Waals surface area contributed by atoms with E-state index in [0.29, 0.717) is 11.7 Å². The van der Waals surface area contributed by atoms with Gasteiger partial charge in [0.15, 0.2) is 0 Å². The van der Waals surface area contributed by atoms with Gasteiger partial charge in [-0.25, -0.2) is 0 Å². The maximum Gasteiger partial charge on any atom is 0.131 e. The van der Waals surface area contributed by atoms with Crippen molar-refractivity contribution in [2.24, 2.45) is 0 Å². The molecule has 2 aromatic rings. The van der Waals surface area contributed by atoms with Crippen LogP contribution in [0.3, 0.4) is 0 Å². The van der Waals surface area contributed by atoms with Crippen LogP contribution in [0.2, 0.25) is 0 Å². The summed E-state index contributed by atoms with van der Waals surface area (Å²) >= 11 is 0. The largest absolute Gasteiger partial charge is 0.284 e. The molecule has 0 bridgehead atoms. The van der Waals surface area contributed by atoms with Gasteiger partial charge in [-0.05, 0) is 40.5 Å². The monoisotopic (exact) mass is 259 g/mol. The van der Waals surface area contributed by atoms with E-state index in [2.05, 4.69) is 30.3 Å². The van der Waals surface area contributed by atoms with Crippen molar-refractivity contribution in [2.45, 2.75) is 6.42 Å². The molecule has 2 N–H and O–H groups in total. The van der Waals surface area contributed by atoms with Crippen LogP contribution in [-0.4, -0.2) is 11.7 Å². The maximum atomic E-state index is 8.00. The number of rotatable bonds is 1. The molecule has 2 aliphatic rings. The first-order valence-electron chi connectivity index (χ1n) is 6.61. The number of nitrogens with zero attached hydrogens (tertiary/aromatic N) is 1. The number of fused-ring (bicyclic) bond motifs is 3. The molecule has 0 spiro atoms. The first-order valence-corrected chi connectivity index (χ1v) is 6.61. The number of hydrogen-bond acceptors (Lipinski definition) is 2. The van der Waals surface area contributed by atoms with Crippen molar-refractivity contribution in [3.05, 3.63) is 65.7 Å². The smallest absolute Gasteiger partial charge is 0.131 e. The lowest BCUT2D eigenvalue weighted by molar-refractivity contribution is 1.23. The van der Waals surface area contributed by atoms with Gasteiger partial charge >= 0.3 is 0 Å². The first-order chi connectivity index (χ1) is 9.75. The molecule has 0 saturated heterocycles. The molecule has 0 atom stereocenters. The summed E-state index contributed by atoms with van der Waals surface area (Å²) in [5.41, 5.74) is 5.99. The zero-order chi connectivity index (χ0) is 13.7. The van der Waals surface area contributed by atoms with Gasteiger partial charge in [0.2, 0.25) is 0 Å². The van der Waals surface area contributed by atoms with Crippen LogP contribution in [0, 0.1) is 10.8 Å². The highest BCUT2D eigenvalue weighted by Gasteiger charge is 2.27. The quantitative estimate of drug-likeness (QED) is 0.689. The van der Waals surface area contributed by atoms with E-state index in [1.54, 1.807) is 17.1 Å². The zero-order valence-electron chi connectivity index (χ0n) is 10.9. The van der Waals surface area contributed by atoms with Gasteiger partial charge in [0.05, 0.1) is 5.69 Å². The molecule has 1 aliphatic carbocycles. The second kappa shape index (κ2) is 3.90. The van der Waals surface area contributed by atoms with Crippen LogP contribution in [0.5, 0.6) is 0 Å². The van der Waals surface area contributed by atoms with Crippen LogP contribution in [0.1, 0.15) is 11.1 Å². The number of amidine groups is 2. The molecule has 1 aliphatic heterocycles. The lowest BCUT2D eigenvalue weighted by Crippen LogP contribution is -2.29. The Kier molecular flexibility index (Phi) is 2.18. The summed E-state index contributed by atoms with van der Waals surface area (Å²) < 4.78 is 0. The van der Waals surface area contributed by atoms with Crippen LogP contribution in [0.4, 0.5) is 5.69 Å². The Labute approximate surface area is 117 Å². The molecule has 20 heavy (non-hydrogen) atoms. The average Bonchev–Trinajstić information content (AvgIpc) is 3.00. The third-order valence-corrected chi connectivity index (χ3v) is 3.95. The number of anilines is 1. The van der Waals surface area contributed by atoms with E-state index in [1.165, 1.54) is 22.3 Å². The molecule has 96 valence electrons. The third-order valence-electron chi connectivity index (χ3n) is 3.95. The normalized spacial score (nSPS) is 15.7. The van der Waals surface area contributed by atoms with Crippen molar-refractivity contribution in [2.75, 3.05) is 4.90 Å². The minimum Gasteiger partial charge on any atom is -0.284 e. The molecule has 0 saturated carbocycles. The van der Waals surface area contributed by atoms with Crippen molar-refractivity contribution in [1.29, 1.82) is 10.8 Å². The highest BCUT2D eigenvalue weighted by molar-refractivity contribution is 6.30. The van der Waals surface area contributed by atoms with Gasteiger partial charge in [-0.2, -0.15) is 0 Å². The van der Waals surface area contributed by atoms with E-state index >= 15 is 0 Å². The fourth-order valence-corrected chi connectivity index (χ4v) is 3.05. The molecule has 0 unspecified atom stereocenters. The standard InChI is InChI=1S/C17H13N3/c18-16-8-9-17(19)20(16)15-7-3-6-13-12-5-2-1-4-11(12)10-14(13)15/h1-9,18-19H,10H2. The predicted octanol–water partition coefficient (Wildman–Crippen LogP) is 3.59. The van der Waals surface area contributed by atoms with E-state index in [1.807, 2.05) is 12.1 Å². The van der Waals surface area contributed by atoms with Gasteiger partial charge in [0, 0.05) is 6.42 Å². The fraction of sp³-hybridized carbons (Fsp3) is 0.0588. The molecule has 0 radical (unpaired) electrons. The van der Waals surface area contributed by atoms with Gasteiger partial charge < -0.3 is 0 Å². The Morgan fingerprint density at radius 1 is 0.800 bits per heavy atom. The minimum atomic E-state index is 0.361. The second-order valence-corrected chi connectivity index (χ2v) is 5.08. The molecule has 2 aromatic carbocycles. The molecule has 4 rings (SSSR count). The lowest BCUT2D eigenvalue weighted by Gasteiger charge is -2.21. The summed E-state index contributed by atoms with van der Waals surface area (Å²) in [5.74, 6) is 0.721. The molecule has 1 heterocycles. The van der Waals surface area contributed by atoms with E-state index in [4.69, 9.17) is 10.8 Å².